The summed E-state index contributed by atoms with van der Waals surface area (Å²) >= 11 is 6.13. The van der Waals surface area contributed by atoms with Gasteiger partial charge in [0.2, 0.25) is 0 Å². The molecule has 0 aliphatic heterocycles. The number of hydrogen-bond donors (Lipinski definition) is 1. The Balaban J connectivity index is 2.60. The first-order valence-corrected chi connectivity index (χ1v) is 4.40. The van der Waals surface area contributed by atoms with Crippen molar-refractivity contribution in [1.82, 2.24) is 0 Å². The maximum Gasteiger partial charge on any atom is 0.0538 e. The Morgan fingerprint density at radius 3 is 2.60 bits per heavy atom. The van der Waals surface area contributed by atoms with E-state index in [2.05, 4.69) is 13.8 Å². The van der Waals surface area contributed by atoms with Crippen LogP contribution in [-0.4, -0.2) is 10.9 Å². The smallest absolute Gasteiger partial charge is 0.0538 e. The van der Waals surface area contributed by atoms with Crippen LogP contribution in [0.2, 0.25) is 0 Å². The van der Waals surface area contributed by atoms with Crippen LogP contribution >= 0.6 is 11.6 Å². The van der Waals surface area contributed by atoms with Crippen LogP contribution in [0.15, 0.2) is 0 Å². The van der Waals surface area contributed by atoms with E-state index in [0.717, 1.165) is 6.42 Å². The molecule has 0 radical (unpaired) electrons. The zero-order valence-corrected chi connectivity index (χ0v) is 7.49. The summed E-state index contributed by atoms with van der Waals surface area (Å²) in [4.78, 5) is 0. The molecule has 1 fully saturated rings. The lowest BCUT2D eigenvalue weighted by Gasteiger charge is -2.38. The minimum Gasteiger partial charge on any atom is -0.324 e. The lowest BCUT2D eigenvalue weighted by Crippen LogP contribution is -2.50. The molecule has 0 saturated heterocycles. The van der Waals surface area contributed by atoms with Crippen molar-refractivity contribution in [2.45, 2.75) is 44.0 Å². The molecule has 1 aliphatic carbocycles. The van der Waals surface area contributed by atoms with Gasteiger partial charge in [-0.3, -0.25) is 0 Å². The standard InChI is InChI=1S/C8H16ClN/c1-6-4-3-5-8(2,10)7(6)9/h6-7H,3-5,10H2,1-2H3. The van der Waals surface area contributed by atoms with Crippen LogP contribution in [-0.2, 0) is 0 Å². The summed E-state index contributed by atoms with van der Waals surface area (Å²) in [6.45, 7) is 4.24. The predicted octanol–water partition coefficient (Wildman–Crippen LogP) is 2.13. The molecular weight excluding hydrogens is 146 g/mol. The topological polar surface area (TPSA) is 26.0 Å². The molecule has 3 atom stereocenters. The van der Waals surface area contributed by atoms with Crippen LogP contribution in [0.1, 0.15) is 33.1 Å². The second kappa shape index (κ2) is 2.71. The zero-order chi connectivity index (χ0) is 7.78. The largest absolute Gasteiger partial charge is 0.324 e. The molecule has 0 bridgehead atoms. The average Bonchev–Trinajstić information content (AvgIpc) is 1.83. The van der Waals surface area contributed by atoms with E-state index >= 15 is 0 Å². The zero-order valence-electron chi connectivity index (χ0n) is 6.73. The van der Waals surface area contributed by atoms with Gasteiger partial charge in [0.05, 0.1) is 5.38 Å². The van der Waals surface area contributed by atoms with E-state index in [1.54, 1.807) is 0 Å². The molecule has 2 N–H and O–H groups in total. The number of alkyl halides is 1. The second-order valence-corrected chi connectivity index (χ2v) is 4.25. The summed E-state index contributed by atoms with van der Waals surface area (Å²) in [5.41, 5.74) is 5.85. The Morgan fingerprint density at radius 2 is 2.20 bits per heavy atom. The molecule has 0 aromatic carbocycles. The Kier molecular flexibility index (Phi) is 2.26. The molecule has 0 amide bonds. The lowest BCUT2D eigenvalue weighted by atomic mass is 9.78. The van der Waals surface area contributed by atoms with Crippen LogP contribution in [0.4, 0.5) is 0 Å². The van der Waals surface area contributed by atoms with Gasteiger partial charge in [-0.1, -0.05) is 13.3 Å². The maximum atomic E-state index is 6.13. The van der Waals surface area contributed by atoms with Gasteiger partial charge in [-0.25, -0.2) is 0 Å². The molecule has 1 aliphatic rings. The summed E-state index contributed by atoms with van der Waals surface area (Å²) in [7, 11) is 0. The Bertz CT molecular complexity index is 122. The highest BCUT2D eigenvalue weighted by molar-refractivity contribution is 6.21. The van der Waals surface area contributed by atoms with Gasteiger partial charge in [0.25, 0.3) is 0 Å². The van der Waals surface area contributed by atoms with Gasteiger partial charge in [0.15, 0.2) is 0 Å². The Morgan fingerprint density at radius 1 is 1.60 bits per heavy atom. The van der Waals surface area contributed by atoms with Gasteiger partial charge in [-0.05, 0) is 25.7 Å². The Labute approximate surface area is 67.9 Å². The van der Waals surface area contributed by atoms with Crippen molar-refractivity contribution < 1.29 is 0 Å². The fraction of sp³-hybridized carbons (Fsp3) is 1.00. The molecule has 10 heavy (non-hydrogen) atoms. The Hall–Kier alpha value is 0.250. The molecule has 1 nitrogen and oxygen atoms in total. The van der Waals surface area contributed by atoms with Crippen molar-refractivity contribution in [2.24, 2.45) is 11.7 Å². The van der Waals surface area contributed by atoms with E-state index in [-0.39, 0.29) is 10.9 Å². The van der Waals surface area contributed by atoms with E-state index < -0.39 is 0 Å². The van der Waals surface area contributed by atoms with Crippen LogP contribution in [0.3, 0.4) is 0 Å². The van der Waals surface area contributed by atoms with Crippen LogP contribution in [0.25, 0.3) is 0 Å². The van der Waals surface area contributed by atoms with Crippen LogP contribution < -0.4 is 5.73 Å². The van der Waals surface area contributed by atoms with E-state index in [1.807, 2.05) is 0 Å². The van der Waals surface area contributed by atoms with Gasteiger partial charge in [0.1, 0.15) is 0 Å². The number of nitrogens with two attached hydrogens (primary N) is 1. The first kappa shape index (κ1) is 8.35. The van der Waals surface area contributed by atoms with Gasteiger partial charge in [0, 0.05) is 5.54 Å². The van der Waals surface area contributed by atoms with Gasteiger partial charge < -0.3 is 5.73 Å². The van der Waals surface area contributed by atoms with E-state index in [1.165, 1.54) is 12.8 Å². The third kappa shape index (κ3) is 1.46. The molecule has 3 unspecified atom stereocenters. The number of rotatable bonds is 0. The third-order valence-electron chi connectivity index (χ3n) is 2.50. The molecule has 0 aromatic heterocycles. The lowest BCUT2D eigenvalue weighted by molar-refractivity contribution is 0.264. The van der Waals surface area contributed by atoms with Crippen LogP contribution in [0, 0.1) is 5.92 Å². The third-order valence-corrected chi connectivity index (χ3v) is 3.43. The second-order valence-electron chi connectivity index (χ2n) is 3.78. The summed E-state index contributed by atoms with van der Waals surface area (Å²) in [5, 5.41) is 0.168. The molecule has 0 aromatic rings. The van der Waals surface area contributed by atoms with Crippen molar-refractivity contribution in [3.05, 3.63) is 0 Å². The molecule has 1 rings (SSSR count). The molecule has 1 saturated carbocycles. The fourth-order valence-corrected chi connectivity index (χ4v) is 1.97. The van der Waals surface area contributed by atoms with Crippen LogP contribution in [0.5, 0.6) is 0 Å². The van der Waals surface area contributed by atoms with E-state index in [4.69, 9.17) is 17.3 Å². The van der Waals surface area contributed by atoms with E-state index in [9.17, 15) is 0 Å². The highest BCUT2D eigenvalue weighted by Gasteiger charge is 2.35. The SMILES string of the molecule is CC1CCCC(C)(N)C1Cl. The normalized spacial score (nSPS) is 49.2. The van der Waals surface area contributed by atoms with Gasteiger partial charge >= 0.3 is 0 Å². The molecule has 60 valence electrons. The maximum absolute atomic E-state index is 6.13. The molecule has 2 heteroatoms. The summed E-state index contributed by atoms with van der Waals surface area (Å²) in [5.74, 6) is 0.588. The summed E-state index contributed by atoms with van der Waals surface area (Å²) in [6.07, 6.45) is 3.55. The van der Waals surface area contributed by atoms with Gasteiger partial charge in [-0.15, -0.1) is 11.6 Å². The average molecular weight is 162 g/mol. The number of hydrogen-bond acceptors (Lipinski definition) is 1. The number of halogens is 1. The highest BCUT2D eigenvalue weighted by Crippen LogP contribution is 2.34. The first-order chi connectivity index (χ1) is 4.54. The highest BCUT2D eigenvalue weighted by atomic mass is 35.5. The molecule has 0 heterocycles. The minimum atomic E-state index is -0.126. The quantitative estimate of drug-likeness (QED) is 0.542. The van der Waals surface area contributed by atoms with Crippen molar-refractivity contribution in [3.63, 3.8) is 0 Å². The van der Waals surface area contributed by atoms with Crippen molar-refractivity contribution >= 4 is 11.6 Å². The van der Waals surface area contributed by atoms with Crippen molar-refractivity contribution in [3.8, 4) is 0 Å². The first-order valence-electron chi connectivity index (χ1n) is 3.97. The van der Waals surface area contributed by atoms with Crippen molar-refractivity contribution in [1.29, 1.82) is 0 Å². The monoisotopic (exact) mass is 161 g/mol. The van der Waals surface area contributed by atoms with E-state index in [0.29, 0.717) is 5.92 Å². The predicted molar refractivity (Wildman–Crippen MR) is 45.2 cm³/mol. The van der Waals surface area contributed by atoms with Gasteiger partial charge in [-0.2, -0.15) is 0 Å². The van der Waals surface area contributed by atoms with Crippen molar-refractivity contribution in [2.75, 3.05) is 0 Å². The molecule has 0 spiro atoms. The summed E-state index contributed by atoms with van der Waals surface area (Å²) in [6, 6.07) is 0. The summed E-state index contributed by atoms with van der Waals surface area (Å²) < 4.78 is 0. The minimum absolute atomic E-state index is 0.126. The fourth-order valence-electron chi connectivity index (χ4n) is 1.74. The molecular formula is C8H16ClN.